The number of nitrogens with two attached hydrogens (primary N) is 1. The van der Waals surface area contributed by atoms with Crippen LogP contribution in [0.25, 0.3) is 11.3 Å². The Morgan fingerprint density at radius 1 is 1.10 bits per heavy atom. The molecule has 2 aromatic heterocycles. The Morgan fingerprint density at radius 3 is 2.54 bits per heavy atom. The first-order valence-corrected chi connectivity index (χ1v) is 14.4. The molecule has 1 atom stereocenters. The largest absolute Gasteiger partial charge is 0.493 e. The van der Waals surface area contributed by atoms with E-state index in [0.717, 1.165) is 25.7 Å². The SMILES string of the molecule is CC(C)COc1cc(F)cc(-c2ccc(C(=O)NS(=O)(=O)c3cccc(N)n3)c(OC(C)C3CCCC3)n2)c1. The lowest BCUT2D eigenvalue weighted by molar-refractivity contribution is 0.0966. The first-order chi connectivity index (χ1) is 18.5. The second kappa shape index (κ2) is 12.0. The maximum absolute atomic E-state index is 14.5. The number of sulfonamides is 1. The molecule has 0 radical (unpaired) electrons. The lowest BCUT2D eigenvalue weighted by Crippen LogP contribution is -2.32. The topological polar surface area (TPSA) is 134 Å². The van der Waals surface area contributed by atoms with Gasteiger partial charge in [0.05, 0.1) is 12.3 Å². The molecule has 0 saturated heterocycles. The van der Waals surface area contributed by atoms with Gasteiger partial charge in [0.2, 0.25) is 5.88 Å². The van der Waals surface area contributed by atoms with E-state index in [4.69, 9.17) is 15.2 Å². The number of pyridine rings is 2. The molecule has 11 heteroatoms. The maximum atomic E-state index is 14.5. The van der Waals surface area contributed by atoms with Crippen LogP contribution < -0.4 is 19.9 Å². The molecule has 1 unspecified atom stereocenters. The van der Waals surface area contributed by atoms with Crippen molar-refractivity contribution in [2.24, 2.45) is 11.8 Å². The fourth-order valence-electron chi connectivity index (χ4n) is 4.43. The van der Waals surface area contributed by atoms with E-state index in [9.17, 15) is 17.6 Å². The van der Waals surface area contributed by atoms with Gasteiger partial charge in [-0.15, -0.1) is 0 Å². The number of rotatable bonds is 10. The van der Waals surface area contributed by atoms with E-state index >= 15 is 0 Å². The highest BCUT2D eigenvalue weighted by atomic mass is 32.2. The van der Waals surface area contributed by atoms with Crippen LogP contribution in [0.1, 0.15) is 56.8 Å². The molecule has 1 saturated carbocycles. The van der Waals surface area contributed by atoms with Gasteiger partial charge in [0.1, 0.15) is 29.1 Å². The molecule has 0 bridgehead atoms. The minimum atomic E-state index is -4.32. The van der Waals surface area contributed by atoms with Crippen molar-refractivity contribution in [1.29, 1.82) is 0 Å². The average molecular weight is 557 g/mol. The lowest BCUT2D eigenvalue weighted by atomic mass is 10.0. The summed E-state index contributed by atoms with van der Waals surface area (Å²) in [5.41, 5.74) is 6.30. The number of amides is 1. The smallest absolute Gasteiger partial charge is 0.281 e. The zero-order chi connectivity index (χ0) is 28.2. The highest BCUT2D eigenvalue weighted by Crippen LogP contribution is 2.32. The fraction of sp³-hybridized carbons (Fsp3) is 0.393. The third-order valence-corrected chi connectivity index (χ3v) is 7.70. The summed E-state index contributed by atoms with van der Waals surface area (Å²) in [6.07, 6.45) is 3.88. The molecular weight excluding hydrogens is 523 g/mol. The molecule has 3 N–H and O–H groups in total. The predicted octanol–water partition coefficient (Wildman–Crippen LogP) is 4.98. The number of hydrogen-bond donors (Lipinski definition) is 2. The maximum Gasteiger partial charge on any atom is 0.281 e. The minimum absolute atomic E-state index is 0.00223. The predicted molar refractivity (Wildman–Crippen MR) is 145 cm³/mol. The molecule has 39 heavy (non-hydrogen) atoms. The van der Waals surface area contributed by atoms with Crippen molar-refractivity contribution < 1.29 is 27.1 Å². The zero-order valence-corrected chi connectivity index (χ0v) is 23.0. The van der Waals surface area contributed by atoms with Gasteiger partial charge in [-0.05, 0) is 68.0 Å². The zero-order valence-electron chi connectivity index (χ0n) is 22.2. The Balaban J connectivity index is 1.68. The standard InChI is InChI=1S/C28H33FN4O5S/c1-17(2)16-37-22-14-20(13-21(29)15-22)24-12-11-23(28(31-24)38-18(3)19-7-4-5-8-19)27(34)33-39(35,36)26-10-6-9-25(30)32-26/h6,9-15,17-19H,4-5,7-8,16H2,1-3H3,(H2,30,32)(H,33,34). The third-order valence-electron chi connectivity index (χ3n) is 6.46. The van der Waals surface area contributed by atoms with Crippen molar-refractivity contribution in [1.82, 2.24) is 14.7 Å². The van der Waals surface area contributed by atoms with E-state index in [2.05, 4.69) is 9.97 Å². The van der Waals surface area contributed by atoms with E-state index in [1.165, 1.54) is 42.5 Å². The summed E-state index contributed by atoms with van der Waals surface area (Å²) in [5.74, 6) is -0.610. The number of anilines is 1. The van der Waals surface area contributed by atoms with Crippen molar-refractivity contribution in [2.45, 2.75) is 57.6 Å². The lowest BCUT2D eigenvalue weighted by Gasteiger charge is -2.22. The fourth-order valence-corrected chi connectivity index (χ4v) is 5.37. The van der Waals surface area contributed by atoms with E-state index in [0.29, 0.717) is 23.6 Å². The number of benzene rings is 1. The Labute approximate surface area is 228 Å². The van der Waals surface area contributed by atoms with E-state index in [1.54, 1.807) is 6.07 Å². The van der Waals surface area contributed by atoms with E-state index < -0.39 is 26.8 Å². The van der Waals surface area contributed by atoms with Crippen molar-refractivity contribution in [3.63, 3.8) is 0 Å². The summed E-state index contributed by atoms with van der Waals surface area (Å²) < 4.78 is 54.0. The van der Waals surface area contributed by atoms with Gasteiger partial charge in [-0.3, -0.25) is 4.79 Å². The molecular formula is C28H33FN4O5S. The highest BCUT2D eigenvalue weighted by Gasteiger charge is 2.28. The van der Waals surface area contributed by atoms with Crippen molar-refractivity contribution >= 4 is 21.7 Å². The Hall–Kier alpha value is -3.73. The summed E-state index contributed by atoms with van der Waals surface area (Å²) in [7, 11) is -4.32. The summed E-state index contributed by atoms with van der Waals surface area (Å²) in [4.78, 5) is 21.5. The molecule has 1 aromatic carbocycles. The molecule has 2 heterocycles. The number of nitrogens with zero attached hydrogens (tertiary/aromatic N) is 2. The van der Waals surface area contributed by atoms with Crippen LogP contribution in [-0.4, -0.2) is 37.0 Å². The summed E-state index contributed by atoms with van der Waals surface area (Å²) in [6.45, 7) is 6.30. The third kappa shape index (κ3) is 7.23. The normalized spacial score (nSPS) is 14.8. The second-order valence-electron chi connectivity index (χ2n) is 10.1. The number of carbonyl (C=O) groups excluding carboxylic acids is 1. The summed E-state index contributed by atoms with van der Waals surface area (Å²) in [6, 6.07) is 11.3. The monoisotopic (exact) mass is 556 g/mol. The second-order valence-corrected chi connectivity index (χ2v) is 11.8. The molecule has 1 aliphatic rings. The van der Waals surface area contributed by atoms with Crippen LogP contribution in [0, 0.1) is 17.7 Å². The number of aromatic nitrogens is 2. The molecule has 1 fully saturated rings. The summed E-state index contributed by atoms with van der Waals surface area (Å²) >= 11 is 0. The Morgan fingerprint density at radius 2 is 1.85 bits per heavy atom. The van der Waals surface area contributed by atoms with Crippen molar-refractivity contribution in [2.75, 3.05) is 12.3 Å². The van der Waals surface area contributed by atoms with Gasteiger partial charge >= 0.3 is 0 Å². The van der Waals surface area contributed by atoms with Crippen molar-refractivity contribution in [3.05, 3.63) is 59.9 Å². The van der Waals surface area contributed by atoms with Crippen LogP contribution in [-0.2, 0) is 10.0 Å². The molecule has 208 valence electrons. The van der Waals surface area contributed by atoms with Gasteiger partial charge in [-0.25, -0.2) is 19.1 Å². The number of nitrogens with one attached hydrogen (secondary N) is 1. The van der Waals surface area contributed by atoms with Gasteiger partial charge in [0.15, 0.2) is 5.03 Å². The first kappa shape index (κ1) is 28.3. The molecule has 4 rings (SSSR count). The van der Waals surface area contributed by atoms with Gasteiger partial charge < -0.3 is 15.2 Å². The Kier molecular flexibility index (Phi) is 8.69. The van der Waals surface area contributed by atoms with Gasteiger partial charge in [0, 0.05) is 11.6 Å². The molecule has 0 spiro atoms. The average Bonchev–Trinajstić information content (AvgIpc) is 3.42. The van der Waals surface area contributed by atoms with Crippen LogP contribution in [0.3, 0.4) is 0 Å². The van der Waals surface area contributed by atoms with Gasteiger partial charge in [0.25, 0.3) is 15.9 Å². The molecule has 0 aliphatic heterocycles. The minimum Gasteiger partial charge on any atom is -0.493 e. The van der Waals surface area contributed by atoms with Crippen LogP contribution in [0.15, 0.2) is 53.6 Å². The molecule has 9 nitrogen and oxygen atoms in total. The number of ether oxygens (including phenoxy) is 2. The molecule has 1 amide bonds. The number of carbonyl (C=O) groups is 1. The van der Waals surface area contributed by atoms with Gasteiger partial charge in [-0.2, -0.15) is 8.42 Å². The summed E-state index contributed by atoms with van der Waals surface area (Å²) in [5, 5.41) is -0.393. The van der Waals surface area contributed by atoms with Crippen molar-refractivity contribution in [3.8, 4) is 22.9 Å². The molecule has 1 aliphatic carbocycles. The molecule has 3 aromatic rings. The number of halogens is 1. The van der Waals surface area contributed by atoms with Crippen LogP contribution in [0.4, 0.5) is 10.2 Å². The number of nitrogen functional groups attached to an aromatic ring is 1. The van der Waals surface area contributed by atoms with Crippen LogP contribution in [0.2, 0.25) is 0 Å². The van der Waals surface area contributed by atoms with E-state index in [1.807, 2.05) is 25.5 Å². The van der Waals surface area contributed by atoms with Crippen LogP contribution in [0.5, 0.6) is 11.6 Å². The highest BCUT2D eigenvalue weighted by molar-refractivity contribution is 7.90. The Bertz CT molecular complexity index is 1440. The van der Waals surface area contributed by atoms with E-state index in [-0.39, 0.29) is 35.2 Å². The van der Waals surface area contributed by atoms with Crippen LogP contribution >= 0.6 is 0 Å². The number of hydrogen-bond acceptors (Lipinski definition) is 8. The quantitative estimate of drug-likeness (QED) is 0.357. The first-order valence-electron chi connectivity index (χ1n) is 12.9. The van der Waals surface area contributed by atoms with Gasteiger partial charge in [-0.1, -0.05) is 32.8 Å².